The highest BCUT2D eigenvalue weighted by Gasteiger charge is 2.09. The zero-order valence-electron chi connectivity index (χ0n) is 42.7. The molecular weight excluding hydrogens is 773 g/mol. The molecule has 0 aliphatic heterocycles. The summed E-state index contributed by atoms with van der Waals surface area (Å²) in [7, 11) is 0. The SMILES string of the molecule is CC(C)c1cccnc1.CC(C)c1cnccc1F.Cc1ccncc1C(C)C.Cc1cnc(C(C)C)c(F)c1.[2H]C([2H])([2H])c1ccncc1C(C)C.[C-]#[N+]c1cc(C)cnc1C(C)C. The van der Waals surface area contributed by atoms with Crippen molar-refractivity contribution < 1.29 is 12.9 Å². The molecule has 6 aromatic rings. The minimum absolute atomic E-state index is 0.162. The Morgan fingerprint density at radius 3 is 1.34 bits per heavy atom. The van der Waals surface area contributed by atoms with Crippen molar-refractivity contribution in [2.45, 2.75) is 146 Å². The molecule has 0 atom stereocenters. The second-order valence-corrected chi connectivity index (χ2v) is 16.7. The summed E-state index contributed by atoms with van der Waals surface area (Å²) >= 11 is 0. The van der Waals surface area contributed by atoms with Crippen molar-refractivity contribution in [2.24, 2.45) is 0 Å². The fourth-order valence-electron chi connectivity index (χ4n) is 5.55. The molecule has 0 amide bonds. The number of hydrogen-bond donors (Lipinski definition) is 0. The van der Waals surface area contributed by atoms with E-state index in [4.69, 9.17) is 10.7 Å². The van der Waals surface area contributed by atoms with Gasteiger partial charge in [0.25, 0.3) is 0 Å². The van der Waals surface area contributed by atoms with Gasteiger partial charge in [-0.15, -0.1) is 0 Å². The van der Waals surface area contributed by atoms with Crippen LogP contribution in [0.4, 0.5) is 14.5 Å². The highest BCUT2D eigenvalue weighted by Crippen LogP contribution is 2.25. The highest BCUT2D eigenvalue weighted by atomic mass is 19.1. The van der Waals surface area contributed by atoms with Crippen LogP contribution in [0, 0.1) is 45.8 Å². The zero-order valence-corrected chi connectivity index (χ0v) is 39.7. The maximum atomic E-state index is 13.0. The fourth-order valence-corrected chi connectivity index (χ4v) is 5.55. The summed E-state index contributed by atoms with van der Waals surface area (Å²) in [5, 5.41) is 0. The Morgan fingerprint density at radius 2 is 0.968 bits per heavy atom. The van der Waals surface area contributed by atoms with E-state index in [-0.39, 0.29) is 29.4 Å². The minimum Gasteiger partial charge on any atom is -0.272 e. The predicted octanol–water partition coefficient (Wildman–Crippen LogP) is 15.3. The largest absolute Gasteiger partial charge is 0.272 e. The Bertz CT molecular complexity index is 2270. The first kappa shape index (κ1) is 48.9. The molecule has 0 spiro atoms. The van der Waals surface area contributed by atoms with Crippen molar-refractivity contribution >= 4 is 5.69 Å². The van der Waals surface area contributed by atoms with Gasteiger partial charge in [0, 0.05) is 77.3 Å². The first-order valence-corrected chi connectivity index (χ1v) is 21.2. The average molecular weight is 847 g/mol. The van der Waals surface area contributed by atoms with Gasteiger partial charge in [0.05, 0.1) is 12.3 Å². The number of aryl methyl sites for hydroxylation is 4. The molecule has 0 saturated carbocycles. The van der Waals surface area contributed by atoms with Crippen LogP contribution in [0.2, 0.25) is 0 Å². The van der Waals surface area contributed by atoms with Crippen LogP contribution in [0.25, 0.3) is 4.85 Å². The third kappa shape index (κ3) is 20.2. The minimum atomic E-state index is -2.03. The number of rotatable bonds is 6. The van der Waals surface area contributed by atoms with Crippen molar-refractivity contribution in [1.82, 2.24) is 29.9 Å². The second kappa shape index (κ2) is 28.7. The summed E-state index contributed by atoms with van der Waals surface area (Å²) in [5.74, 6) is 1.74. The number of aromatic nitrogens is 6. The first-order valence-electron chi connectivity index (χ1n) is 22.7. The van der Waals surface area contributed by atoms with Crippen LogP contribution >= 0.6 is 0 Å². The van der Waals surface area contributed by atoms with E-state index in [1.807, 2.05) is 106 Å². The molecule has 9 heteroatoms. The van der Waals surface area contributed by atoms with Gasteiger partial charge in [0.2, 0.25) is 5.69 Å². The molecule has 332 valence electrons. The normalized spacial score (nSPS) is 11.2. The Morgan fingerprint density at radius 1 is 0.500 bits per heavy atom. The Balaban J connectivity index is 0.000000391. The van der Waals surface area contributed by atoms with E-state index < -0.39 is 6.85 Å². The predicted molar refractivity (Wildman–Crippen MR) is 255 cm³/mol. The first-order chi connectivity index (χ1) is 30.4. The van der Waals surface area contributed by atoms with Gasteiger partial charge in [0.1, 0.15) is 11.6 Å². The van der Waals surface area contributed by atoms with Crippen LogP contribution < -0.4 is 0 Å². The summed E-state index contributed by atoms with van der Waals surface area (Å²) in [6, 6.07) is 12.5. The van der Waals surface area contributed by atoms with Gasteiger partial charge in [-0.25, -0.2) is 13.6 Å². The van der Waals surface area contributed by atoms with E-state index in [2.05, 4.69) is 81.5 Å². The molecule has 0 radical (unpaired) electrons. The summed E-state index contributed by atoms with van der Waals surface area (Å²) < 4.78 is 47.8. The molecule has 0 unspecified atom stereocenters. The standard InChI is InChI=1S/C10H12N2.C9H12FN.2C9H13N.C8H10FN.C8H11N/c1-7(2)10-9(11-4)5-8(3)6-12-10;1-6(2)9-8(10)4-7(3)5-11-9;2*1-7(2)9-6-10-5-4-8(9)3;1-6(2)7-5-10-4-3-8(7)9;1-7(2)8-4-3-5-9-6-8/h5-7H,1-3H3;4-6H,1-3H3;2*4-7H,1-3H3;3-6H,1-2H3;3-7H,1-2H3/i;;3D3;;;. The van der Waals surface area contributed by atoms with Gasteiger partial charge in [-0.2, -0.15) is 0 Å². The Labute approximate surface area is 377 Å². The van der Waals surface area contributed by atoms with Gasteiger partial charge >= 0.3 is 0 Å². The van der Waals surface area contributed by atoms with Crippen LogP contribution in [0.15, 0.2) is 104 Å². The van der Waals surface area contributed by atoms with Gasteiger partial charge in [-0.1, -0.05) is 95.2 Å². The van der Waals surface area contributed by atoms with Crippen molar-refractivity contribution in [3.8, 4) is 0 Å². The molecule has 0 saturated heterocycles. The number of hydrogen-bond acceptors (Lipinski definition) is 6. The summed E-state index contributed by atoms with van der Waals surface area (Å²) in [6.45, 7) is 35.3. The molecule has 6 rings (SSSR count). The second-order valence-electron chi connectivity index (χ2n) is 16.7. The number of pyridine rings is 6. The van der Waals surface area contributed by atoms with Crippen LogP contribution in [0.1, 0.15) is 179 Å². The third-order valence-electron chi connectivity index (χ3n) is 9.20. The fraction of sp³-hybridized carbons (Fsp3) is 0.415. The zero-order chi connectivity index (χ0) is 49.4. The van der Waals surface area contributed by atoms with Crippen molar-refractivity contribution in [1.29, 1.82) is 0 Å². The van der Waals surface area contributed by atoms with Gasteiger partial charge in [-0.3, -0.25) is 29.9 Å². The van der Waals surface area contributed by atoms with Crippen LogP contribution in [-0.2, 0) is 0 Å². The highest BCUT2D eigenvalue weighted by molar-refractivity contribution is 5.51. The summed E-state index contributed by atoms with van der Waals surface area (Å²) in [6.07, 6.45) is 17.2. The molecule has 62 heavy (non-hydrogen) atoms. The van der Waals surface area contributed by atoms with Crippen molar-refractivity contribution in [3.05, 3.63) is 183 Å². The number of halogens is 2. The molecule has 0 aliphatic carbocycles. The van der Waals surface area contributed by atoms with E-state index in [9.17, 15) is 8.78 Å². The molecule has 6 heterocycles. The van der Waals surface area contributed by atoms with Crippen LogP contribution in [0.3, 0.4) is 0 Å². The lowest BCUT2D eigenvalue weighted by molar-refractivity contribution is 0.583. The van der Waals surface area contributed by atoms with E-state index in [0.717, 1.165) is 22.4 Å². The molecule has 0 bridgehead atoms. The van der Waals surface area contributed by atoms with Crippen molar-refractivity contribution in [3.63, 3.8) is 0 Å². The Hall–Kier alpha value is -5.75. The summed E-state index contributed by atoms with van der Waals surface area (Å²) in [4.78, 5) is 27.5. The third-order valence-corrected chi connectivity index (χ3v) is 9.20. The lowest BCUT2D eigenvalue weighted by Gasteiger charge is -2.06. The molecule has 0 aliphatic rings. The lowest BCUT2D eigenvalue weighted by atomic mass is 10.0. The quantitative estimate of drug-likeness (QED) is 0.155. The van der Waals surface area contributed by atoms with E-state index in [1.165, 1.54) is 41.2 Å². The molecule has 0 N–H and O–H groups in total. The van der Waals surface area contributed by atoms with Gasteiger partial charge in [0.15, 0.2) is 0 Å². The number of nitrogens with zero attached hydrogens (tertiary/aromatic N) is 7. The molecule has 0 aromatic carbocycles. The van der Waals surface area contributed by atoms with Crippen LogP contribution in [0.5, 0.6) is 0 Å². The Kier molecular flexibility index (Phi) is 22.7. The average Bonchev–Trinajstić information content (AvgIpc) is 3.24. The summed E-state index contributed by atoms with van der Waals surface area (Å²) in [5.41, 5.74) is 9.95. The maximum absolute atomic E-state index is 13.0. The maximum Gasteiger partial charge on any atom is 0.208 e. The molecule has 6 aromatic heterocycles. The van der Waals surface area contributed by atoms with Crippen LogP contribution in [-0.4, -0.2) is 29.9 Å². The van der Waals surface area contributed by atoms with Gasteiger partial charge in [-0.05, 0) is 132 Å². The molecule has 0 fully saturated rings. The van der Waals surface area contributed by atoms with Gasteiger partial charge < -0.3 is 0 Å². The lowest BCUT2D eigenvalue weighted by Crippen LogP contribution is -1.97. The van der Waals surface area contributed by atoms with E-state index >= 15 is 0 Å². The molecular formula is C53H71F2N7. The topological polar surface area (TPSA) is 81.7 Å². The van der Waals surface area contributed by atoms with E-state index in [1.54, 1.807) is 30.9 Å². The molecule has 7 nitrogen and oxygen atoms in total. The monoisotopic (exact) mass is 847 g/mol. The smallest absolute Gasteiger partial charge is 0.208 e. The van der Waals surface area contributed by atoms with E-state index in [0.29, 0.717) is 40.3 Å². The van der Waals surface area contributed by atoms with Crippen molar-refractivity contribution in [2.75, 3.05) is 0 Å².